The SMILES string of the molecule is Cc1nc(O[Si](C)C)cc2c1nc(C(C)(C)C)n2C. The van der Waals surface area contributed by atoms with Gasteiger partial charge in [-0.05, 0) is 20.0 Å². The first-order valence-electron chi connectivity index (χ1n) is 6.52. The lowest BCUT2D eigenvalue weighted by Crippen LogP contribution is -2.17. The van der Waals surface area contributed by atoms with E-state index in [2.05, 4.69) is 50.5 Å². The van der Waals surface area contributed by atoms with Crippen molar-refractivity contribution in [1.82, 2.24) is 14.5 Å². The van der Waals surface area contributed by atoms with Gasteiger partial charge in [0.15, 0.2) is 0 Å². The molecular formula is C14H22N3OSi. The molecule has 0 unspecified atom stereocenters. The molecule has 2 heterocycles. The second kappa shape index (κ2) is 4.63. The molecule has 1 radical (unpaired) electrons. The molecule has 0 N–H and O–H groups in total. The van der Waals surface area contributed by atoms with Crippen LogP contribution in [0.25, 0.3) is 11.0 Å². The molecule has 2 aromatic rings. The highest BCUT2D eigenvalue weighted by Gasteiger charge is 2.22. The quantitative estimate of drug-likeness (QED) is 0.791. The highest BCUT2D eigenvalue weighted by molar-refractivity contribution is 6.49. The van der Waals surface area contributed by atoms with E-state index in [0.717, 1.165) is 22.6 Å². The minimum atomic E-state index is -0.797. The van der Waals surface area contributed by atoms with E-state index in [4.69, 9.17) is 9.41 Å². The molecule has 0 aromatic carbocycles. The molecule has 0 saturated carbocycles. The van der Waals surface area contributed by atoms with Crippen LogP contribution in [0.2, 0.25) is 13.1 Å². The normalized spacial score (nSPS) is 12.4. The Kier molecular flexibility index (Phi) is 3.43. The lowest BCUT2D eigenvalue weighted by atomic mass is 9.96. The van der Waals surface area contributed by atoms with E-state index in [0.29, 0.717) is 5.88 Å². The van der Waals surface area contributed by atoms with Crippen molar-refractivity contribution in [2.24, 2.45) is 7.05 Å². The molecule has 103 valence electrons. The monoisotopic (exact) mass is 276 g/mol. The van der Waals surface area contributed by atoms with Gasteiger partial charge < -0.3 is 8.99 Å². The number of pyridine rings is 1. The summed E-state index contributed by atoms with van der Waals surface area (Å²) in [6.07, 6.45) is 0. The second-order valence-electron chi connectivity index (χ2n) is 6.17. The Bertz CT molecular complexity index is 611. The summed E-state index contributed by atoms with van der Waals surface area (Å²) in [6.45, 7) is 12.7. The van der Waals surface area contributed by atoms with Crippen LogP contribution < -0.4 is 4.43 Å². The Morgan fingerprint density at radius 1 is 1.21 bits per heavy atom. The molecule has 5 heteroatoms. The molecule has 0 fully saturated rings. The molecule has 0 amide bonds. The molecule has 0 atom stereocenters. The van der Waals surface area contributed by atoms with E-state index in [1.807, 2.05) is 13.0 Å². The van der Waals surface area contributed by atoms with E-state index >= 15 is 0 Å². The summed E-state index contributed by atoms with van der Waals surface area (Å²) >= 11 is 0. The van der Waals surface area contributed by atoms with Crippen LogP contribution in [0.4, 0.5) is 0 Å². The lowest BCUT2D eigenvalue weighted by Gasteiger charge is -2.17. The highest BCUT2D eigenvalue weighted by Crippen LogP contribution is 2.28. The van der Waals surface area contributed by atoms with Crippen LogP contribution in [0.15, 0.2) is 6.07 Å². The number of hydrogen-bond donors (Lipinski definition) is 0. The molecule has 0 aliphatic carbocycles. The van der Waals surface area contributed by atoms with Gasteiger partial charge >= 0.3 is 0 Å². The van der Waals surface area contributed by atoms with Crippen molar-refractivity contribution < 1.29 is 4.43 Å². The zero-order valence-corrected chi connectivity index (χ0v) is 13.8. The van der Waals surface area contributed by atoms with Crippen LogP contribution >= 0.6 is 0 Å². The van der Waals surface area contributed by atoms with Crippen molar-refractivity contribution in [2.75, 3.05) is 0 Å². The van der Waals surface area contributed by atoms with E-state index < -0.39 is 9.04 Å². The number of rotatable bonds is 2. The summed E-state index contributed by atoms with van der Waals surface area (Å²) in [7, 11) is 1.26. The van der Waals surface area contributed by atoms with Crippen LogP contribution in [0, 0.1) is 6.92 Å². The van der Waals surface area contributed by atoms with Gasteiger partial charge in [0, 0.05) is 18.5 Å². The average molecular weight is 276 g/mol. The summed E-state index contributed by atoms with van der Waals surface area (Å²) in [6, 6.07) is 2.00. The van der Waals surface area contributed by atoms with Crippen LogP contribution in [0.5, 0.6) is 5.88 Å². The van der Waals surface area contributed by atoms with Crippen molar-refractivity contribution in [3.8, 4) is 5.88 Å². The van der Waals surface area contributed by atoms with Crippen molar-refractivity contribution in [3.05, 3.63) is 17.6 Å². The van der Waals surface area contributed by atoms with Gasteiger partial charge in [-0.25, -0.2) is 9.97 Å². The first kappa shape index (κ1) is 14.1. The third kappa shape index (κ3) is 2.66. The van der Waals surface area contributed by atoms with Gasteiger partial charge in [0.2, 0.25) is 5.88 Å². The molecule has 2 aromatic heterocycles. The second-order valence-corrected chi connectivity index (χ2v) is 8.19. The first-order valence-corrected chi connectivity index (χ1v) is 8.93. The molecule has 2 rings (SSSR count). The van der Waals surface area contributed by atoms with Crippen LogP contribution in [-0.4, -0.2) is 23.6 Å². The minimum Gasteiger partial charge on any atom is -0.530 e. The molecule has 0 aliphatic heterocycles. The van der Waals surface area contributed by atoms with Gasteiger partial charge in [-0.1, -0.05) is 20.8 Å². The summed E-state index contributed by atoms with van der Waals surface area (Å²) in [4.78, 5) is 9.26. The summed E-state index contributed by atoms with van der Waals surface area (Å²) in [5.74, 6) is 1.79. The first-order chi connectivity index (χ1) is 8.70. The van der Waals surface area contributed by atoms with Crippen molar-refractivity contribution in [2.45, 2.75) is 46.2 Å². The third-order valence-electron chi connectivity index (χ3n) is 3.00. The van der Waals surface area contributed by atoms with Gasteiger partial charge in [0.05, 0.1) is 11.2 Å². The molecule has 0 aliphatic rings. The molecule has 0 saturated heterocycles. The number of hydrogen-bond acceptors (Lipinski definition) is 3. The van der Waals surface area contributed by atoms with Gasteiger partial charge in [-0.2, -0.15) is 0 Å². The van der Waals surface area contributed by atoms with Crippen LogP contribution in [-0.2, 0) is 12.5 Å². The fraction of sp³-hybridized carbons (Fsp3) is 0.571. The lowest BCUT2D eigenvalue weighted by molar-refractivity contribution is 0.526. The maximum absolute atomic E-state index is 5.80. The maximum atomic E-state index is 5.80. The predicted octanol–water partition coefficient (Wildman–Crippen LogP) is 3.20. The Labute approximate surface area is 116 Å². The fourth-order valence-corrected chi connectivity index (χ4v) is 2.77. The fourth-order valence-electron chi connectivity index (χ4n) is 2.24. The van der Waals surface area contributed by atoms with Gasteiger partial charge in [-0.15, -0.1) is 0 Å². The summed E-state index contributed by atoms with van der Waals surface area (Å²) in [5, 5.41) is 0. The van der Waals surface area contributed by atoms with Gasteiger partial charge in [0.25, 0.3) is 9.04 Å². The van der Waals surface area contributed by atoms with E-state index in [-0.39, 0.29) is 5.41 Å². The Balaban J connectivity index is 2.64. The molecular weight excluding hydrogens is 254 g/mol. The zero-order valence-electron chi connectivity index (χ0n) is 12.8. The van der Waals surface area contributed by atoms with Crippen molar-refractivity contribution in [3.63, 3.8) is 0 Å². The maximum Gasteiger partial charge on any atom is 0.276 e. The summed E-state index contributed by atoms with van der Waals surface area (Å²) < 4.78 is 7.95. The van der Waals surface area contributed by atoms with Crippen molar-refractivity contribution in [1.29, 1.82) is 0 Å². The molecule has 0 spiro atoms. The predicted molar refractivity (Wildman–Crippen MR) is 80.1 cm³/mol. The standard InChI is InChI=1S/C14H22N3OSi/c1-9-12-10(8-11(15-9)18-19(6)7)17(5)13(16-12)14(2,3)4/h8H,1-7H3. The number of nitrogens with zero attached hydrogens (tertiary/aromatic N) is 3. The van der Waals surface area contributed by atoms with E-state index in [9.17, 15) is 0 Å². The van der Waals surface area contributed by atoms with Gasteiger partial charge in [-0.3, -0.25) is 0 Å². The number of aromatic nitrogens is 3. The van der Waals surface area contributed by atoms with Crippen LogP contribution in [0.3, 0.4) is 0 Å². The number of aryl methyl sites for hydroxylation is 2. The third-order valence-corrected chi connectivity index (χ3v) is 3.62. The highest BCUT2D eigenvalue weighted by atomic mass is 28.3. The molecule has 4 nitrogen and oxygen atoms in total. The topological polar surface area (TPSA) is 39.9 Å². The number of imidazole rings is 1. The van der Waals surface area contributed by atoms with E-state index in [1.54, 1.807) is 0 Å². The molecule has 19 heavy (non-hydrogen) atoms. The zero-order chi connectivity index (χ0) is 14.4. The Morgan fingerprint density at radius 3 is 2.37 bits per heavy atom. The smallest absolute Gasteiger partial charge is 0.276 e. The largest absolute Gasteiger partial charge is 0.530 e. The average Bonchev–Trinajstić information content (AvgIpc) is 2.55. The van der Waals surface area contributed by atoms with Gasteiger partial charge in [0.1, 0.15) is 11.3 Å². The van der Waals surface area contributed by atoms with Crippen LogP contribution in [0.1, 0.15) is 32.3 Å². The summed E-state index contributed by atoms with van der Waals surface area (Å²) in [5.41, 5.74) is 3.02. The van der Waals surface area contributed by atoms with Crippen molar-refractivity contribution >= 4 is 20.1 Å². The Hall–Kier alpha value is -1.36. The number of fused-ring (bicyclic) bond motifs is 1. The van der Waals surface area contributed by atoms with E-state index in [1.165, 1.54) is 0 Å². The minimum absolute atomic E-state index is 0.0195. The Morgan fingerprint density at radius 2 is 1.84 bits per heavy atom. The molecule has 0 bridgehead atoms.